The molecule has 5 nitrogen and oxygen atoms in total. The average molecular weight is 296 g/mol. The predicted molar refractivity (Wildman–Crippen MR) is 80.8 cm³/mol. The molecule has 1 aliphatic carbocycles. The molecule has 0 aromatic carbocycles. The summed E-state index contributed by atoms with van der Waals surface area (Å²) in [6.07, 6.45) is 3.54. The van der Waals surface area contributed by atoms with Gasteiger partial charge in [-0.3, -0.25) is 9.59 Å². The molecule has 2 aliphatic rings. The lowest BCUT2D eigenvalue weighted by atomic mass is 9.88. The van der Waals surface area contributed by atoms with Crippen molar-refractivity contribution in [3.05, 3.63) is 0 Å². The number of hydrogen-bond acceptors (Lipinski definition) is 3. The second-order valence-corrected chi connectivity index (χ2v) is 6.64. The highest BCUT2D eigenvalue weighted by Gasteiger charge is 2.52. The highest BCUT2D eigenvalue weighted by Crippen LogP contribution is 2.36. The molecule has 2 amide bonds. The topological polar surface area (TPSA) is 58.6 Å². The molecule has 2 rings (SSSR count). The van der Waals surface area contributed by atoms with E-state index in [-0.39, 0.29) is 23.8 Å². The second kappa shape index (κ2) is 6.34. The van der Waals surface area contributed by atoms with Gasteiger partial charge in [0, 0.05) is 6.61 Å². The number of ether oxygens (including phenoxy) is 1. The van der Waals surface area contributed by atoms with Gasteiger partial charge in [-0.15, -0.1) is 0 Å². The minimum atomic E-state index is -0.650. The Hall–Kier alpha value is -1.10. The van der Waals surface area contributed by atoms with E-state index in [0.717, 1.165) is 25.7 Å². The van der Waals surface area contributed by atoms with Crippen LogP contribution >= 0.6 is 0 Å². The third-order valence-electron chi connectivity index (χ3n) is 4.88. The lowest BCUT2D eigenvalue weighted by Crippen LogP contribution is -2.71. The van der Waals surface area contributed by atoms with Crippen molar-refractivity contribution in [2.24, 2.45) is 5.92 Å². The Morgan fingerprint density at radius 1 is 1.33 bits per heavy atom. The van der Waals surface area contributed by atoms with E-state index < -0.39 is 11.6 Å². The van der Waals surface area contributed by atoms with Crippen molar-refractivity contribution in [3.8, 4) is 0 Å². The summed E-state index contributed by atoms with van der Waals surface area (Å²) in [5, 5.41) is 3.00. The maximum absolute atomic E-state index is 13.1. The van der Waals surface area contributed by atoms with Gasteiger partial charge in [0.1, 0.15) is 11.6 Å². The maximum atomic E-state index is 13.1. The van der Waals surface area contributed by atoms with Gasteiger partial charge < -0.3 is 15.0 Å². The van der Waals surface area contributed by atoms with Crippen molar-refractivity contribution in [3.63, 3.8) is 0 Å². The van der Waals surface area contributed by atoms with Crippen LogP contribution in [0.3, 0.4) is 0 Å². The molecule has 2 unspecified atom stereocenters. The summed E-state index contributed by atoms with van der Waals surface area (Å²) in [7, 11) is 0. The van der Waals surface area contributed by atoms with Crippen molar-refractivity contribution < 1.29 is 14.3 Å². The summed E-state index contributed by atoms with van der Waals surface area (Å²) in [5.74, 6) is 0.316. The Labute approximate surface area is 127 Å². The Balaban J connectivity index is 2.28. The summed E-state index contributed by atoms with van der Waals surface area (Å²) in [4.78, 5) is 27.2. The monoisotopic (exact) mass is 296 g/mol. The van der Waals surface area contributed by atoms with Gasteiger partial charge in [0.2, 0.25) is 11.8 Å². The van der Waals surface area contributed by atoms with Gasteiger partial charge in [0.25, 0.3) is 0 Å². The quantitative estimate of drug-likeness (QED) is 0.840. The molecule has 0 radical (unpaired) electrons. The fourth-order valence-corrected chi connectivity index (χ4v) is 3.53. The van der Waals surface area contributed by atoms with E-state index in [1.54, 1.807) is 4.90 Å². The first-order valence-electron chi connectivity index (χ1n) is 8.15. The Morgan fingerprint density at radius 2 is 1.95 bits per heavy atom. The molecular formula is C16H28N2O3. The van der Waals surface area contributed by atoms with Crippen molar-refractivity contribution in [1.82, 2.24) is 10.2 Å². The maximum Gasteiger partial charge on any atom is 0.249 e. The molecule has 1 N–H and O–H groups in total. The van der Waals surface area contributed by atoms with Gasteiger partial charge in [-0.05, 0) is 32.6 Å². The SMILES string of the molecule is CCOCC(C(C)C)N1C(=O)C2(CCCC2)NC(=O)C1C. The van der Waals surface area contributed by atoms with Gasteiger partial charge in [0.15, 0.2) is 0 Å². The minimum Gasteiger partial charge on any atom is -0.380 e. The fourth-order valence-electron chi connectivity index (χ4n) is 3.53. The number of nitrogens with zero attached hydrogens (tertiary/aromatic N) is 1. The number of amides is 2. The third-order valence-corrected chi connectivity index (χ3v) is 4.88. The lowest BCUT2D eigenvalue weighted by Gasteiger charge is -2.47. The predicted octanol–water partition coefficient (Wildman–Crippen LogP) is 1.71. The van der Waals surface area contributed by atoms with E-state index in [1.807, 2.05) is 13.8 Å². The van der Waals surface area contributed by atoms with Crippen LogP contribution in [0.2, 0.25) is 0 Å². The first-order valence-corrected chi connectivity index (χ1v) is 8.15. The molecule has 2 atom stereocenters. The van der Waals surface area contributed by atoms with Crippen LogP contribution in [0.1, 0.15) is 53.4 Å². The van der Waals surface area contributed by atoms with Crippen molar-refractivity contribution >= 4 is 11.8 Å². The van der Waals surface area contributed by atoms with Gasteiger partial charge in [-0.25, -0.2) is 0 Å². The average Bonchev–Trinajstić information content (AvgIpc) is 2.89. The first-order chi connectivity index (χ1) is 9.93. The number of carbonyl (C=O) groups is 2. The van der Waals surface area contributed by atoms with Crippen molar-refractivity contribution in [2.45, 2.75) is 71.0 Å². The highest BCUT2D eigenvalue weighted by atomic mass is 16.5. The molecule has 5 heteroatoms. The van der Waals surface area contributed by atoms with Crippen LogP contribution in [0, 0.1) is 5.92 Å². The molecule has 0 aromatic heterocycles. The zero-order chi connectivity index (χ0) is 15.6. The summed E-state index contributed by atoms with van der Waals surface area (Å²) in [6.45, 7) is 9.04. The number of carbonyl (C=O) groups excluding carboxylic acids is 2. The summed E-state index contributed by atoms with van der Waals surface area (Å²) >= 11 is 0. The van der Waals surface area contributed by atoms with Crippen molar-refractivity contribution in [2.75, 3.05) is 13.2 Å². The number of piperazine rings is 1. The van der Waals surface area contributed by atoms with Gasteiger partial charge in [-0.1, -0.05) is 26.7 Å². The molecule has 0 aromatic rings. The van der Waals surface area contributed by atoms with Gasteiger partial charge in [-0.2, -0.15) is 0 Å². The standard InChI is InChI=1S/C16H28N2O3/c1-5-21-10-13(11(2)3)18-12(4)14(19)17-16(15(18)20)8-6-7-9-16/h11-13H,5-10H2,1-4H3,(H,17,19). The first kappa shape index (κ1) is 16.3. The van der Waals surface area contributed by atoms with Gasteiger partial charge >= 0.3 is 0 Å². The minimum absolute atomic E-state index is 0.0290. The van der Waals surface area contributed by atoms with Crippen LogP contribution in [0.15, 0.2) is 0 Å². The second-order valence-electron chi connectivity index (χ2n) is 6.64. The highest BCUT2D eigenvalue weighted by molar-refractivity contribution is 6.00. The van der Waals surface area contributed by atoms with E-state index in [1.165, 1.54) is 0 Å². The van der Waals surface area contributed by atoms with Gasteiger partial charge in [0.05, 0.1) is 12.6 Å². The molecule has 2 fully saturated rings. The largest absolute Gasteiger partial charge is 0.380 e. The van der Waals surface area contributed by atoms with E-state index >= 15 is 0 Å². The van der Waals surface area contributed by atoms with Crippen LogP contribution in [-0.2, 0) is 14.3 Å². The number of hydrogen-bond donors (Lipinski definition) is 1. The normalized spacial score (nSPS) is 26.5. The Kier molecular flexibility index (Phi) is 4.91. The van der Waals surface area contributed by atoms with Crippen molar-refractivity contribution in [1.29, 1.82) is 0 Å². The summed E-state index contributed by atoms with van der Waals surface area (Å²) in [5.41, 5.74) is -0.650. The zero-order valence-electron chi connectivity index (χ0n) is 13.6. The molecule has 1 saturated carbocycles. The van der Waals surface area contributed by atoms with E-state index in [4.69, 9.17) is 4.74 Å². The Bertz CT molecular complexity index is 402. The zero-order valence-corrected chi connectivity index (χ0v) is 13.6. The fraction of sp³-hybridized carbons (Fsp3) is 0.875. The lowest BCUT2D eigenvalue weighted by molar-refractivity contribution is -0.160. The third kappa shape index (κ3) is 2.93. The Morgan fingerprint density at radius 3 is 2.48 bits per heavy atom. The van der Waals surface area contributed by atoms with E-state index in [2.05, 4.69) is 19.2 Å². The van der Waals surface area contributed by atoms with E-state index in [9.17, 15) is 9.59 Å². The summed E-state index contributed by atoms with van der Waals surface area (Å²) in [6, 6.07) is -0.465. The van der Waals surface area contributed by atoms with Crippen LogP contribution in [0.4, 0.5) is 0 Å². The van der Waals surface area contributed by atoms with E-state index in [0.29, 0.717) is 13.2 Å². The smallest absolute Gasteiger partial charge is 0.249 e. The molecule has 120 valence electrons. The van der Waals surface area contributed by atoms with Crippen LogP contribution in [0.5, 0.6) is 0 Å². The molecule has 1 saturated heterocycles. The summed E-state index contributed by atoms with van der Waals surface area (Å²) < 4.78 is 5.57. The van der Waals surface area contributed by atoms with Crippen LogP contribution in [-0.4, -0.2) is 47.6 Å². The molecule has 1 heterocycles. The molecule has 21 heavy (non-hydrogen) atoms. The molecule has 1 aliphatic heterocycles. The molecule has 1 spiro atoms. The molecule has 0 bridgehead atoms. The number of rotatable bonds is 5. The van der Waals surface area contributed by atoms with Crippen LogP contribution < -0.4 is 5.32 Å². The van der Waals surface area contributed by atoms with Crippen LogP contribution in [0.25, 0.3) is 0 Å². The number of nitrogens with one attached hydrogen (secondary N) is 1. The molecular weight excluding hydrogens is 268 g/mol.